The molecule has 1 amide bonds. The second kappa shape index (κ2) is 7.63. The normalized spacial score (nSPS) is 12.6. The van der Waals surface area contributed by atoms with Crippen LogP contribution in [-0.2, 0) is 27.3 Å². The zero-order valence-corrected chi connectivity index (χ0v) is 14.0. The van der Waals surface area contributed by atoms with Crippen molar-refractivity contribution in [3.8, 4) is 11.8 Å². The molecule has 5 heteroatoms. The van der Waals surface area contributed by atoms with Crippen molar-refractivity contribution in [3.63, 3.8) is 0 Å². The number of hydrogen-bond acceptors (Lipinski definition) is 4. The molecule has 1 aliphatic heterocycles. The van der Waals surface area contributed by atoms with Crippen molar-refractivity contribution in [1.82, 2.24) is 9.88 Å². The molecule has 0 unspecified atom stereocenters. The smallest absolute Gasteiger partial charge is 0.397 e. The van der Waals surface area contributed by atoms with Crippen molar-refractivity contribution < 1.29 is 14.3 Å². The molecular formula is C20H18N2O3. The van der Waals surface area contributed by atoms with Gasteiger partial charge in [-0.05, 0) is 30.7 Å². The molecule has 0 saturated carbocycles. The van der Waals surface area contributed by atoms with E-state index in [0.717, 1.165) is 22.4 Å². The molecule has 1 aromatic heterocycles. The summed E-state index contributed by atoms with van der Waals surface area (Å²) in [5.41, 5.74) is 3.58. The third kappa shape index (κ3) is 4.04. The quantitative estimate of drug-likeness (QED) is 0.454. The van der Waals surface area contributed by atoms with Gasteiger partial charge in [0.15, 0.2) is 0 Å². The molecule has 2 heterocycles. The number of carbonyl (C=O) groups is 2. The van der Waals surface area contributed by atoms with E-state index in [1.807, 2.05) is 36.4 Å². The Hall–Kier alpha value is -3.13. The van der Waals surface area contributed by atoms with Crippen LogP contribution in [-0.4, -0.2) is 34.9 Å². The average molecular weight is 334 g/mol. The van der Waals surface area contributed by atoms with Crippen LogP contribution in [0.1, 0.15) is 29.3 Å². The minimum Gasteiger partial charge on any atom is -0.459 e. The summed E-state index contributed by atoms with van der Waals surface area (Å²) in [4.78, 5) is 29.7. The van der Waals surface area contributed by atoms with Gasteiger partial charge < -0.3 is 9.64 Å². The highest BCUT2D eigenvalue weighted by molar-refractivity contribution is 6.32. The summed E-state index contributed by atoms with van der Waals surface area (Å²) in [5, 5.41) is 0. The molecule has 1 aliphatic rings. The lowest BCUT2D eigenvalue weighted by molar-refractivity contribution is -0.160. The Morgan fingerprint density at radius 2 is 1.96 bits per heavy atom. The number of amides is 1. The lowest BCUT2D eigenvalue weighted by Crippen LogP contribution is -2.41. The third-order valence-corrected chi connectivity index (χ3v) is 3.90. The monoisotopic (exact) mass is 334 g/mol. The maximum atomic E-state index is 12.1. The Morgan fingerprint density at radius 1 is 1.20 bits per heavy atom. The van der Waals surface area contributed by atoms with E-state index in [1.165, 1.54) is 4.90 Å². The van der Waals surface area contributed by atoms with E-state index in [0.29, 0.717) is 19.5 Å². The van der Waals surface area contributed by atoms with Gasteiger partial charge in [-0.15, -0.1) is 0 Å². The first-order chi connectivity index (χ1) is 12.2. The number of pyridine rings is 1. The van der Waals surface area contributed by atoms with E-state index in [-0.39, 0.29) is 6.61 Å². The molecule has 25 heavy (non-hydrogen) atoms. The zero-order valence-electron chi connectivity index (χ0n) is 14.0. The number of ether oxygens (including phenoxy) is 1. The van der Waals surface area contributed by atoms with E-state index in [4.69, 9.17) is 4.74 Å². The predicted octanol–water partition coefficient (Wildman–Crippen LogP) is 1.93. The standard InChI is InChI=1S/C20H18N2O3/c1-2-25-20(24)19(23)22-11-10-18-17(14-22)12-16(13-21-18)9-8-15-6-4-3-5-7-15/h3-7,12-13H,2,10-11,14H2,1H3. The van der Waals surface area contributed by atoms with E-state index >= 15 is 0 Å². The number of benzene rings is 1. The Labute approximate surface area is 146 Å². The lowest BCUT2D eigenvalue weighted by atomic mass is 10.0. The van der Waals surface area contributed by atoms with Gasteiger partial charge in [-0.1, -0.05) is 30.0 Å². The molecule has 0 bridgehead atoms. The number of nitrogens with zero attached hydrogens (tertiary/aromatic N) is 2. The summed E-state index contributed by atoms with van der Waals surface area (Å²) in [5.74, 6) is 4.77. The van der Waals surface area contributed by atoms with Gasteiger partial charge in [0.05, 0.1) is 6.61 Å². The van der Waals surface area contributed by atoms with Crippen molar-refractivity contribution in [2.24, 2.45) is 0 Å². The molecule has 0 fully saturated rings. The molecular weight excluding hydrogens is 316 g/mol. The molecule has 5 nitrogen and oxygen atoms in total. The Balaban J connectivity index is 1.77. The van der Waals surface area contributed by atoms with Gasteiger partial charge in [-0.2, -0.15) is 0 Å². The fraction of sp³-hybridized carbons (Fsp3) is 0.250. The van der Waals surface area contributed by atoms with Crippen LogP contribution in [0.2, 0.25) is 0 Å². The fourth-order valence-electron chi connectivity index (χ4n) is 2.66. The highest BCUT2D eigenvalue weighted by atomic mass is 16.5. The Morgan fingerprint density at radius 3 is 2.72 bits per heavy atom. The first-order valence-electron chi connectivity index (χ1n) is 8.18. The minimum atomic E-state index is -0.807. The first-order valence-corrected chi connectivity index (χ1v) is 8.18. The van der Waals surface area contributed by atoms with E-state index < -0.39 is 11.9 Å². The molecule has 1 aromatic carbocycles. The molecule has 2 aromatic rings. The predicted molar refractivity (Wildman–Crippen MR) is 92.4 cm³/mol. The summed E-state index contributed by atoms with van der Waals surface area (Å²) in [6, 6.07) is 11.6. The number of fused-ring (bicyclic) bond motifs is 1. The maximum Gasteiger partial charge on any atom is 0.397 e. The second-order valence-electron chi connectivity index (χ2n) is 5.64. The summed E-state index contributed by atoms with van der Waals surface area (Å²) in [6.07, 6.45) is 2.37. The van der Waals surface area contributed by atoms with Crippen LogP contribution in [0.4, 0.5) is 0 Å². The third-order valence-electron chi connectivity index (χ3n) is 3.90. The zero-order chi connectivity index (χ0) is 17.6. The minimum absolute atomic E-state index is 0.190. The molecule has 3 rings (SSSR count). The second-order valence-corrected chi connectivity index (χ2v) is 5.64. The van der Waals surface area contributed by atoms with Crippen molar-refractivity contribution in [1.29, 1.82) is 0 Å². The molecule has 0 radical (unpaired) electrons. The van der Waals surface area contributed by atoms with Gasteiger partial charge >= 0.3 is 11.9 Å². The number of aromatic nitrogens is 1. The molecule has 0 saturated heterocycles. The SMILES string of the molecule is CCOC(=O)C(=O)N1CCc2ncc(C#Cc3ccccc3)cc2C1. The van der Waals surface area contributed by atoms with Gasteiger partial charge in [0.2, 0.25) is 0 Å². The van der Waals surface area contributed by atoms with Crippen LogP contribution in [0.5, 0.6) is 0 Å². The molecule has 0 aliphatic carbocycles. The van der Waals surface area contributed by atoms with Crippen LogP contribution in [0.25, 0.3) is 0 Å². The summed E-state index contributed by atoms with van der Waals surface area (Å²) >= 11 is 0. The van der Waals surface area contributed by atoms with Gasteiger partial charge in [0, 0.05) is 42.5 Å². The van der Waals surface area contributed by atoms with Crippen molar-refractivity contribution in [2.45, 2.75) is 19.9 Å². The van der Waals surface area contributed by atoms with Crippen LogP contribution < -0.4 is 0 Å². The van der Waals surface area contributed by atoms with Crippen LogP contribution in [0, 0.1) is 11.8 Å². The fourth-order valence-corrected chi connectivity index (χ4v) is 2.66. The lowest BCUT2D eigenvalue weighted by Gasteiger charge is -2.27. The Bertz CT molecular complexity index is 850. The highest BCUT2D eigenvalue weighted by Gasteiger charge is 2.27. The molecule has 126 valence electrons. The van der Waals surface area contributed by atoms with Crippen molar-refractivity contribution in [2.75, 3.05) is 13.2 Å². The number of hydrogen-bond donors (Lipinski definition) is 0. The van der Waals surface area contributed by atoms with E-state index in [2.05, 4.69) is 16.8 Å². The maximum absolute atomic E-state index is 12.1. The topological polar surface area (TPSA) is 59.5 Å². The largest absolute Gasteiger partial charge is 0.459 e. The van der Waals surface area contributed by atoms with Gasteiger partial charge in [-0.3, -0.25) is 9.78 Å². The number of esters is 1. The van der Waals surface area contributed by atoms with Crippen molar-refractivity contribution in [3.05, 3.63) is 65.0 Å². The average Bonchev–Trinajstić information content (AvgIpc) is 2.66. The van der Waals surface area contributed by atoms with Crippen LogP contribution in [0.15, 0.2) is 42.6 Å². The molecule has 0 spiro atoms. The highest BCUT2D eigenvalue weighted by Crippen LogP contribution is 2.18. The van der Waals surface area contributed by atoms with Crippen molar-refractivity contribution >= 4 is 11.9 Å². The number of rotatable bonds is 1. The molecule has 0 N–H and O–H groups in total. The van der Waals surface area contributed by atoms with Crippen LogP contribution >= 0.6 is 0 Å². The first kappa shape index (κ1) is 16.7. The van der Waals surface area contributed by atoms with E-state index in [1.54, 1.807) is 13.1 Å². The van der Waals surface area contributed by atoms with Gasteiger partial charge in [-0.25, -0.2) is 4.79 Å². The van der Waals surface area contributed by atoms with Crippen LogP contribution in [0.3, 0.4) is 0 Å². The summed E-state index contributed by atoms with van der Waals surface area (Å²) in [6.45, 7) is 2.68. The van der Waals surface area contributed by atoms with Gasteiger partial charge in [0.25, 0.3) is 0 Å². The molecule has 0 atom stereocenters. The van der Waals surface area contributed by atoms with Gasteiger partial charge in [0.1, 0.15) is 0 Å². The summed E-state index contributed by atoms with van der Waals surface area (Å²) < 4.78 is 4.79. The summed E-state index contributed by atoms with van der Waals surface area (Å²) in [7, 11) is 0. The van der Waals surface area contributed by atoms with E-state index in [9.17, 15) is 9.59 Å². The Kier molecular flexibility index (Phi) is 5.10. The number of carbonyl (C=O) groups excluding carboxylic acids is 2.